The number of hydrogen-bond donors (Lipinski definition) is 2. The van der Waals surface area contributed by atoms with Crippen LogP contribution in [-0.4, -0.2) is 49.3 Å². The van der Waals surface area contributed by atoms with Gasteiger partial charge in [0, 0.05) is 19.1 Å². The molecule has 0 saturated carbocycles. The van der Waals surface area contributed by atoms with Crippen molar-refractivity contribution in [2.75, 3.05) is 27.2 Å². The highest BCUT2D eigenvalue weighted by molar-refractivity contribution is 5.15. The molecule has 1 aromatic carbocycles. The predicted octanol–water partition coefficient (Wildman–Crippen LogP) is 1.13. The number of hydrogen-bond acceptors (Lipinski definition) is 3. The van der Waals surface area contributed by atoms with Crippen LogP contribution in [0.15, 0.2) is 30.3 Å². The van der Waals surface area contributed by atoms with E-state index >= 15 is 0 Å². The first-order valence-electron chi connectivity index (χ1n) is 6.18. The topological polar surface area (TPSA) is 35.5 Å². The maximum absolute atomic E-state index is 9.73. The largest absolute Gasteiger partial charge is 0.390 e. The molecular weight excluding hydrogens is 212 g/mol. The number of benzene rings is 1. The van der Waals surface area contributed by atoms with E-state index in [2.05, 4.69) is 36.5 Å². The smallest absolute Gasteiger partial charge is 0.0791 e. The summed E-state index contributed by atoms with van der Waals surface area (Å²) >= 11 is 0. The van der Waals surface area contributed by atoms with Crippen LogP contribution < -0.4 is 5.32 Å². The molecule has 96 valence electrons. The molecule has 0 spiro atoms. The van der Waals surface area contributed by atoms with E-state index in [4.69, 9.17) is 0 Å². The summed E-state index contributed by atoms with van der Waals surface area (Å²) in [5, 5.41) is 13.1. The van der Waals surface area contributed by atoms with Crippen molar-refractivity contribution in [3.8, 4) is 0 Å². The minimum absolute atomic E-state index is 0.303. The van der Waals surface area contributed by atoms with Crippen molar-refractivity contribution in [1.82, 2.24) is 10.2 Å². The van der Waals surface area contributed by atoms with Crippen molar-refractivity contribution in [2.45, 2.75) is 25.5 Å². The molecule has 3 nitrogen and oxygen atoms in total. The van der Waals surface area contributed by atoms with Gasteiger partial charge in [-0.2, -0.15) is 0 Å². The quantitative estimate of drug-likeness (QED) is 0.745. The maximum Gasteiger partial charge on any atom is 0.0791 e. The second-order valence-corrected chi connectivity index (χ2v) is 4.92. The Bertz CT molecular complexity index is 300. The molecule has 0 radical (unpaired) electrons. The second kappa shape index (κ2) is 7.43. The van der Waals surface area contributed by atoms with Crippen molar-refractivity contribution in [2.24, 2.45) is 0 Å². The van der Waals surface area contributed by atoms with Gasteiger partial charge in [0.25, 0.3) is 0 Å². The summed E-state index contributed by atoms with van der Waals surface area (Å²) in [4.78, 5) is 1.99. The number of nitrogens with zero attached hydrogens (tertiary/aromatic N) is 1. The normalized spacial score (nSPS) is 14.9. The molecule has 3 heteroatoms. The van der Waals surface area contributed by atoms with Gasteiger partial charge in [0.2, 0.25) is 0 Å². The summed E-state index contributed by atoms with van der Waals surface area (Å²) in [6, 6.07) is 10.8. The Hall–Kier alpha value is -0.900. The summed E-state index contributed by atoms with van der Waals surface area (Å²) in [6.07, 6.45) is 0.693. The van der Waals surface area contributed by atoms with Crippen molar-refractivity contribution in [3.05, 3.63) is 35.9 Å². The Labute approximate surface area is 104 Å². The molecule has 0 fully saturated rings. The Morgan fingerprint density at radius 2 is 1.88 bits per heavy atom. The van der Waals surface area contributed by atoms with E-state index in [-0.39, 0.29) is 6.10 Å². The molecule has 2 unspecified atom stereocenters. The molecule has 0 aromatic heterocycles. The van der Waals surface area contributed by atoms with Gasteiger partial charge in [-0.1, -0.05) is 30.3 Å². The summed E-state index contributed by atoms with van der Waals surface area (Å²) in [5.74, 6) is 0. The molecule has 0 saturated heterocycles. The fourth-order valence-electron chi connectivity index (χ4n) is 1.86. The standard InChI is InChI=1S/C14H24N2O/c1-12(9-13-7-5-4-6-8-13)15-10-14(17)11-16(2)3/h4-8,12,14-15,17H,9-11H2,1-3H3. The van der Waals surface area contributed by atoms with Gasteiger partial charge in [0.15, 0.2) is 0 Å². The lowest BCUT2D eigenvalue weighted by Crippen LogP contribution is -2.39. The Kier molecular flexibility index (Phi) is 6.19. The fraction of sp³-hybridized carbons (Fsp3) is 0.571. The summed E-state index contributed by atoms with van der Waals surface area (Å²) < 4.78 is 0. The highest BCUT2D eigenvalue weighted by atomic mass is 16.3. The molecule has 0 heterocycles. The summed E-state index contributed by atoms with van der Waals surface area (Å²) in [6.45, 7) is 3.49. The van der Waals surface area contributed by atoms with Crippen LogP contribution in [0.1, 0.15) is 12.5 Å². The van der Waals surface area contributed by atoms with E-state index in [1.807, 2.05) is 25.1 Å². The summed E-state index contributed by atoms with van der Waals surface area (Å²) in [5.41, 5.74) is 1.33. The van der Waals surface area contributed by atoms with Crippen LogP contribution in [0.4, 0.5) is 0 Å². The van der Waals surface area contributed by atoms with Crippen LogP contribution in [0, 0.1) is 0 Å². The van der Waals surface area contributed by atoms with E-state index in [0.717, 1.165) is 6.42 Å². The molecule has 0 aliphatic heterocycles. The first-order valence-corrected chi connectivity index (χ1v) is 6.18. The third-order valence-electron chi connectivity index (χ3n) is 2.66. The molecule has 2 N–H and O–H groups in total. The number of likely N-dealkylation sites (N-methyl/N-ethyl adjacent to an activating group) is 1. The van der Waals surface area contributed by atoms with Gasteiger partial charge in [-0.3, -0.25) is 0 Å². The van der Waals surface area contributed by atoms with E-state index in [1.54, 1.807) is 0 Å². The van der Waals surface area contributed by atoms with Crippen LogP contribution in [0.3, 0.4) is 0 Å². The lowest BCUT2D eigenvalue weighted by molar-refractivity contribution is 0.132. The Balaban J connectivity index is 2.23. The molecular formula is C14H24N2O. The van der Waals surface area contributed by atoms with Crippen LogP contribution in [0.5, 0.6) is 0 Å². The SMILES string of the molecule is CC(Cc1ccccc1)NCC(O)CN(C)C. The van der Waals surface area contributed by atoms with Gasteiger partial charge in [-0.25, -0.2) is 0 Å². The number of nitrogens with one attached hydrogen (secondary N) is 1. The van der Waals surface area contributed by atoms with Crippen molar-refractivity contribution >= 4 is 0 Å². The van der Waals surface area contributed by atoms with E-state index < -0.39 is 0 Å². The van der Waals surface area contributed by atoms with Crippen LogP contribution >= 0.6 is 0 Å². The van der Waals surface area contributed by atoms with Gasteiger partial charge in [-0.15, -0.1) is 0 Å². The third kappa shape index (κ3) is 6.41. The third-order valence-corrected chi connectivity index (χ3v) is 2.66. The van der Waals surface area contributed by atoms with Gasteiger partial charge in [-0.05, 0) is 33.0 Å². The molecule has 0 aliphatic rings. The fourth-order valence-corrected chi connectivity index (χ4v) is 1.86. The summed E-state index contributed by atoms with van der Waals surface area (Å²) in [7, 11) is 3.94. The van der Waals surface area contributed by atoms with E-state index in [9.17, 15) is 5.11 Å². The molecule has 1 rings (SSSR count). The molecule has 17 heavy (non-hydrogen) atoms. The number of aliphatic hydroxyl groups excluding tert-OH is 1. The Morgan fingerprint density at radius 1 is 1.24 bits per heavy atom. The molecule has 2 atom stereocenters. The number of aliphatic hydroxyl groups is 1. The van der Waals surface area contributed by atoms with Gasteiger partial charge >= 0.3 is 0 Å². The maximum atomic E-state index is 9.73. The van der Waals surface area contributed by atoms with E-state index in [0.29, 0.717) is 19.1 Å². The Morgan fingerprint density at radius 3 is 2.47 bits per heavy atom. The van der Waals surface area contributed by atoms with E-state index in [1.165, 1.54) is 5.56 Å². The van der Waals surface area contributed by atoms with Crippen LogP contribution in [0.2, 0.25) is 0 Å². The molecule has 1 aromatic rings. The van der Waals surface area contributed by atoms with Gasteiger partial charge < -0.3 is 15.3 Å². The van der Waals surface area contributed by atoms with Gasteiger partial charge in [0.1, 0.15) is 0 Å². The molecule has 0 amide bonds. The predicted molar refractivity (Wildman–Crippen MR) is 72.2 cm³/mol. The first-order chi connectivity index (χ1) is 8.08. The van der Waals surface area contributed by atoms with Crippen molar-refractivity contribution in [3.63, 3.8) is 0 Å². The van der Waals surface area contributed by atoms with Crippen molar-refractivity contribution in [1.29, 1.82) is 0 Å². The second-order valence-electron chi connectivity index (χ2n) is 4.92. The highest BCUT2D eigenvalue weighted by Gasteiger charge is 2.08. The van der Waals surface area contributed by atoms with Gasteiger partial charge in [0.05, 0.1) is 6.10 Å². The monoisotopic (exact) mass is 236 g/mol. The lowest BCUT2D eigenvalue weighted by atomic mass is 10.1. The van der Waals surface area contributed by atoms with Crippen LogP contribution in [-0.2, 0) is 6.42 Å². The average Bonchev–Trinajstić information content (AvgIpc) is 2.27. The van der Waals surface area contributed by atoms with Crippen molar-refractivity contribution < 1.29 is 5.11 Å². The molecule has 0 bridgehead atoms. The average molecular weight is 236 g/mol. The lowest BCUT2D eigenvalue weighted by Gasteiger charge is -2.19. The first kappa shape index (κ1) is 14.2. The minimum Gasteiger partial charge on any atom is -0.390 e. The zero-order chi connectivity index (χ0) is 12.7. The zero-order valence-corrected chi connectivity index (χ0v) is 11.1. The van der Waals surface area contributed by atoms with Crippen LogP contribution in [0.25, 0.3) is 0 Å². The zero-order valence-electron chi connectivity index (χ0n) is 11.1. The minimum atomic E-state index is -0.303. The number of rotatable bonds is 7. The highest BCUT2D eigenvalue weighted by Crippen LogP contribution is 2.02. The molecule has 0 aliphatic carbocycles.